The molecular weight excluding hydrogens is 252 g/mol. The van der Waals surface area contributed by atoms with E-state index >= 15 is 0 Å². The third-order valence-electron chi connectivity index (χ3n) is 4.07. The van der Waals surface area contributed by atoms with E-state index < -0.39 is 6.10 Å². The predicted octanol–water partition coefficient (Wildman–Crippen LogP) is 1.70. The molecule has 0 bridgehead atoms. The van der Waals surface area contributed by atoms with Crippen molar-refractivity contribution >= 4 is 5.91 Å². The maximum Gasteiger partial charge on any atom is 0.222 e. The van der Waals surface area contributed by atoms with Crippen LogP contribution in [-0.4, -0.2) is 35.5 Å². The Hall–Kier alpha value is -1.39. The smallest absolute Gasteiger partial charge is 0.222 e. The number of benzene rings is 1. The number of aliphatic hydroxyl groups is 1. The SMILES string of the molecule is NCCCC(=O)N1CCC(C(O)c2ccccc2)CC1. The predicted molar refractivity (Wildman–Crippen MR) is 79.0 cm³/mol. The molecule has 0 saturated carbocycles. The average Bonchev–Trinajstić information content (AvgIpc) is 2.53. The zero-order valence-corrected chi connectivity index (χ0v) is 11.9. The number of carbonyl (C=O) groups is 1. The van der Waals surface area contributed by atoms with Gasteiger partial charge in [-0.3, -0.25) is 4.79 Å². The van der Waals surface area contributed by atoms with Crippen LogP contribution in [0.15, 0.2) is 30.3 Å². The van der Waals surface area contributed by atoms with Gasteiger partial charge in [0.15, 0.2) is 0 Å². The molecular formula is C16H24N2O2. The van der Waals surface area contributed by atoms with E-state index in [2.05, 4.69) is 0 Å². The van der Waals surface area contributed by atoms with Gasteiger partial charge in [0, 0.05) is 19.5 Å². The zero-order valence-electron chi connectivity index (χ0n) is 11.9. The van der Waals surface area contributed by atoms with Crippen molar-refractivity contribution in [3.8, 4) is 0 Å². The molecule has 1 aromatic rings. The van der Waals surface area contributed by atoms with Crippen molar-refractivity contribution in [1.82, 2.24) is 4.90 Å². The van der Waals surface area contributed by atoms with E-state index in [9.17, 15) is 9.90 Å². The van der Waals surface area contributed by atoms with Crippen LogP contribution in [0.25, 0.3) is 0 Å². The minimum Gasteiger partial charge on any atom is -0.388 e. The standard InChI is InChI=1S/C16H24N2O2/c17-10-4-7-15(19)18-11-8-14(9-12-18)16(20)13-5-2-1-3-6-13/h1-3,5-6,14,16,20H,4,7-12,17H2. The Morgan fingerprint density at radius 3 is 2.55 bits per heavy atom. The van der Waals surface area contributed by atoms with E-state index in [0.29, 0.717) is 13.0 Å². The third-order valence-corrected chi connectivity index (χ3v) is 4.07. The van der Waals surface area contributed by atoms with Gasteiger partial charge in [0.05, 0.1) is 6.10 Å². The van der Waals surface area contributed by atoms with Crippen LogP contribution in [0.2, 0.25) is 0 Å². The summed E-state index contributed by atoms with van der Waals surface area (Å²) in [5, 5.41) is 10.4. The van der Waals surface area contributed by atoms with Gasteiger partial charge >= 0.3 is 0 Å². The zero-order chi connectivity index (χ0) is 14.4. The van der Waals surface area contributed by atoms with Gasteiger partial charge < -0.3 is 15.7 Å². The number of hydrogen-bond donors (Lipinski definition) is 2. The third kappa shape index (κ3) is 3.81. The maximum atomic E-state index is 11.9. The number of aliphatic hydroxyl groups excluding tert-OH is 1. The van der Waals surface area contributed by atoms with E-state index in [-0.39, 0.29) is 11.8 Å². The lowest BCUT2D eigenvalue weighted by Gasteiger charge is -2.34. The van der Waals surface area contributed by atoms with Crippen molar-refractivity contribution in [2.45, 2.75) is 31.8 Å². The van der Waals surface area contributed by atoms with E-state index in [1.54, 1.807) is 0 Å². The monoisotopic (exact) mass is 276 g/mol. The normalized spacial score (nSPS) is 18.0. The largest absolute Gasteiger partial charge is 0.388 e. The molecule has 0 aliphatic carbocycles. The van der Waals surface area contributed by atoms with E-state index in [1.807, 2.05) is 35.2 Å². The summed E-state index contributed by atoms with van der Waals surface area (Å²) in [4.78, 5) is 13.8. The van der Waals surface area contributed by atoms with Crippen LogP contribution < -0.4 is 5.73 Å². The molecule has 110 valence electrons. The highest BCUT2D eigenvalue weighted by Crippen LogP contribution is 2.30. The number of rotatable bonds is 5. The number of carbonyl (C=O) groups excluding carboxylic acids is 1. The Morgan fingerprint density at radius 1 is 1.30 bits per heavy atom. The van der Waals surface area contributed by atoms with E-state index in [4.69, 9.17) is 5.73 Å². The summed E-state index contributed by atoms with van der Waals surface area (Å²) in [6, 6.07) is 9.77. The highest BCUT2D eigenvalue weighted by atomic mass is 16.3. The first-order chi connectivity index (χ1) is 9.72. The molecule has 1 aliphatic heterocycles. The Bertz CT molecular complexity index is 414. The molecule has 1 heterocycles. The van der Waals surface area contributed by atoms with Crippen LogP contribution in [-0.2, 0) is 4.79 Å². The summed E-state index contributed by atoms with van der Waals surface area (Å²) >= 11 is 0. The van der Waals surface area contributed by atoms with Crippen LogP contribution in [0, 0.1) is 5.92 Å². The fourth-order valence-electron chi connectivity index (χ4n) is 2.80. The molecule has 20 heavy (non-hydrogen) atoms. The molecule has 1 aromatic carbocycles. The number of piperidine rings is 1. The first kappa shape index (κ1) is 15.0. The highest BCUT2D eigenvalue weighted by Gasteiger charge is 2.27. The Kier molecular flexibility index (Phi) is 5.56. The fraction of sp³-hybridized carbons (Fsp3) is 0.562. The van der Waals surface area contributed by atoms with Gasteiger partial charge in [-0.2, -0.15) is 0 Å². The summed E-state index contributed by atoms with van der Waals surface area (Å²) in [7, 11) is 0. The first-order valence-electron chi connectivity index (χ1n) is 7.43. The number of nitrogens with two attached hydrogens (primary N) is 1. The molecule has 1 aliphatic rings. The molecule has 1 saturated heterocycles. The van der Waals surface area contributed by atoms with Gasteiger partial charge in [0.25, 0.3) is 0 Å². The van der Waals surface area contributed by atoms with Crippen LogP contribution in [0.5, 0.6) is 0 Å². The average molecular weight is 276 g/mol. The van der Waals surface area contributed by atoms with Crippen LogP contribution in [0.4, 0.5) is 0 Å². The van der Waals surface area contributed by atoms with Crippen molar-refractivity contribution in [3.05, 3.63) is 35.9 Å². The Balaban J connectivity index is 1.83. The second-order valence-electron chi connectivity index (χ2n) is 5.47. The summed E-state index contributed by atoms with van der Waals surface area (Å²) in [6.45, 7) is 2.06. The molecule has 0 spiro atoms. The second kappa shape index (κ2) is 7.41. The molecule has 1 amide bonds. The summed E-state index contributed by atoms with van der Waals surface area (Å²) in [6.07, 6.45) is 2.61. The van der Waals surface area contributed by atoms with Gasteiger partial charge in [-0.15, -0.1) is 0 Å². The molecule has 1 fully saturated rings. The molecule has 3 N–H and O–H groups in total. The minimum absolute atomic E-state index is 0.197. The summed E-state index contributed by atoms with van der Waals surface area (Å²) < 4.78 is 0. The van der Waals surface area contributed by atoms with Crippen molar-refractivity contribution in [3.63, 3.8) is 0 Å². The number of hydrogen-bond acceptors (Lipinski definition) is 3. The molecule has 4 nitrogen and oxygen atoms in total. The Morgan fingerprint density at radius 2 is 1.95 bits per heavy atom. The van der Waals surface area contributed by atoms with Crippen LogP contribution in [0.3, 0.4) is 0 Å². The first-order valence-corrected chi connectivity index (χ1v) is 7.43. The Labute approximate surface area is 120 Å². The van der Waals surface area contributed by atoms with Gasteiger partial charge in [-0.25, -0.2) is 0 Å². The van der Waals surface area contributed by atoms with Gasteiger partial charge in [-0.1, -0.05) is 30.3 Å². The molecule has 0 radical (unpaired) electrons. The van der Waals surface area contributed by atoms with E-state index in [1.165, 1.54) is 0 Å². The van der Waals surface area contributed by atoms with Gasteiger partial charge in [0.1, 0.15) is 0 Å². The number of amides is 1. The molecule has 0 aromatic heterocycles. The van der Waals surface area contributed by atoms with Crippen molar-refractivity contribution in [2.75, 3.05) is 19.6 Å². The minimum atomic E-state index is -0.419. The van der Waals surface area contributed by atoms with Crippen LogP contribution in [0.1, 0.15) is 37.4 Å². The second-order valence-corrected chi connectivity index (χ2v) is 5.47. The molecule has 4 heteroatoms. The number of likely N-dealkylation sites (tertiary alicyclic amines) is 1. The maximum absolute atomic E-state index is 11.9. The molecule has 2 rings (SSSR count). The topological polar surface area (TPSA) is 66.6 Å². The van der Waals surface area contributed by atoms with Gasteiger partial charge in [-0.05, 0) is 37.3 Å². The highest BCUT2D eigenvalue weighted by molar-refractivity contribution is 5.76. The molecule has 1 unspecified atom stereocenters. The van der Waals surface area contributed by atoms with Crippen molar-refractivity contribution in [1.29, 1.82) is 0 Å². The summed E-state index contributed by atoms with van der Waals surface area (Å²) in [5.41, 5.74) is 6.40. The lowest BCUT2D eigenvalue weighted by Crippen LogP contribution is -2.39. The van der Waals surface area contributed by atoms with Crippen molar-refractivity contribution in [2.24, 2.45) is 11.7 Å². The van der Waals surface area contributed by atoms with E-state index in [0.717, 1.165) is 37.9 Å². The number of nitrogens with zero attached hydrogens (tertiary/aromatic N) is 1. The summed E-state index contributed by atoms with van der Waals surface area (Å²) in [5.74, 6) is 0.444. The van der Waals surface area contributed by atoms with Gasteiger partial charge in [0.2, 0.25) is 5.91 Å². The lowest BCUT2D eigenvalue weighted by molar-refractivity contribution is -0.133. The van der Waals surface area contributed by atoms with Crippen LogP contribution >= 0.6 is 0 Å². The molecule has 1 atom stereocenters. The fourth-order valence-corrected chi connectivity index (χ4v) is 2.80. The quantitative estimate of drug-likeness (QED) is 0.860. The lowest BCUT2D eigenvalue weighted by atomic mass is 9.87. The van der Waals surface area contributed by atoms with Crippen molar-refractivity contribution < 1.29 is 9.90 Å².